The topological polar surface area (TPSA) is 102 Å². The Hall–Kier alpha value is -4.71. The van der Waals surface area contributed by atoms with Gasteiger partial charge in [0.25, 0.3) is 0 Å². The minimum absolute atomic E-state index is 0.0252. The Bertz CT molecular complexity index is 2300. The number of alkyl halides is 1. The summed E-state index contributed by atoms with van der Waals surface area (Å²) in [6.07, 6.45) is 11.2. The minimum Gasteiger partial charge on any atom is -0.468 e. The first-order chi connectivity index (χ1) is 27.3. The number of piperazine rings is 1. The van der Waals surface area contributed by atoms with Gasteiger partial charge in [-0.2, -0.15) is 0 Å². The van der Waals surface area contributed by atoms with Crippen LogP contribution in [-0.2, 0) is 19.8 Å². The van der Waals surface area contributed by atoms with Gasteiger partial charge in [-0.3, -0.25) is 14.8 Å². The van der Waals surface area contributed by atoms with Crippen molar-refractivity contribution in [2.45, 2.75) is 101 Å². The fourth-order valence-corrected chi connectivity index (χ4v) is 9.58. The third-order valence-electron chi connectivity index (χ3n) is 12.3. The van der Waals surface area contributed by atoms with Crippen LogP contribution in [0.3, 0.4) is 0 Å². The van der Waals surface area contributed by atoms with Crippen molar-refractivity contribution in [3.63, 3.8) is 0 Å². The highest BCUT2D eigenvalue weighted by molar-refractivity contribution is 6.03. The first kappa shape index (κ1) is 37.8. The fraction of sp³-hybridized carbons (Fsp3) is 0.535. The number of carbonyl (C=O) groups excluding carboxylic acids is 1. The summed E-state index contributed by atoms with van der Waals surface area (Å²) in [5.41, 5.74) is -1.76. The maximum absolute atomic E-state index is 17.5. The van der Waals surface area contributed by atoms with Gasteiger partial charge in [0.15, 0.2) is 18.4 Å². The predicted molar refractivity (Wildman–Crippen MR) is 208 cm³/mol. The molecule has 1 aliphatic carbocycles. The summed E-state index contributed by atoms with van der Waals surface area (Å²) in [5, 5.41) is 1.23. The largest absolute Gasteiger partial charge is 0.468 e. The second kappa shape index (κ2) is 14.0. The van der Waals surface area contributed by atoms with Gasteiger partial charge in [-0.1, -0.05) is 12.0 Å². The average molecular weight is 785 g/mol. The number of ether oxygens (including phenoxy) is 4. The average Bonchev–Trinajstić information content (AvgIpc) is 3.67. The van der Waals surface area contributed by atoms with Crippen molar-refractivity contribution in [3.05, 3.63) is 53.5 Å². The van der Waals surface area contributed by atoms with Gasteiger partial charge in [0.05, 0.1) is 29.6 Å². The Labute approximate surface area is 329 Å². The molecule has 11 nitrogen and oxygen atoms in total. The molecule has 57 heavy (non-hydrogen) atoms. The summed E-state index contributed by atoms with van der Waals surface area (Å²) in [6, 6.07) is 5.81. The molecule has 0 spiro atoms. The van der Waals surface area contributed by atoms with Crippen LogP contribution < -0.4 is 9.64 Å². The fourth-order valence-electron chi connectivity index (χ4n) is 9.58. The molecule has 0 N–H and O–H groups in total. The SMILES string of the molecule is C#Cc1c(F)ccc2cc(OCOC)cc(-c3ncc4c(N5CC6CCC(C5)N6C(=O)OC(C)(C)C)nc(C5(OC[C@@]67CCCN6C[C@H](F)C7)CC5)nc4c3F)c12. The Kier molecular flexibility index (Phi) is 9.29. The molecular formula is C43H47F3N6O5. The standard InChI is InChI=1S/C43H47F3N6O5/c1-6-30-33(45)11-8-25-16-29(55-24-54-5)17-31(34(25)30)36-35(46)37-32(19-47-36)38(50-21-27-9-10-28(22-50)52(27)40(53)57-41(2,3)4)49-39(48-37)43(13-14-43)56-23-42-12-7-15-51(42)20-26(44)18-42/h1,8,11,16-17,19,26-28H,7,9-10,12-15,18,20-24H2,2-5H3/t26-,27?,28?,42+/m1/s1. The van der Waals surface area contributed by atoms with E-state index in [0.717, 1.165) is 32.2 Å². The van der Waals surface area contributed by atoms with E-state index >= 15 is 8.78 Å². The van der Waals surface area contributed by atoms with Gasteiger partial charge < -0.3 is 23.8 Å². The number of pyridine rings is 1. The van der Waals surface area contributed by atoms with Crippen LogP contribution in [0.1, 0.15) is 77.1 Å². The molecule has 4 aliphatic heterocycles. The number of fused-ring (bicyclic) bond motifs is 5. The molecule has 1 saturated carbocycles. The number of aromatic nitrogens is 3. The highest BCUT2D eigenvalue weighted by Crippen LogP contribution is 2.52. The summed E-state index contributed by atoms with van der Waals surface area (Å²) in [5.74, 6) is 2.27. The second-order valence-electron chi connectivity index (χ2n) is 17.3. The first-order valence-corrected chi connectivity index (χ1v) is 19.8. The van der Waals surface area contributed by atoms with E-state index in [9.17, 15) is 9.18 Å². The molecule has 2 bridgehead atoms. The minimum atomic E-state index is -0.903. The number of anilines is 1. The number of nitrogens with zero attached hydrogens (tertiary/aromatic N) is 6. The molecule has 4 atom stereocenters. The normalized spacial score (nSPS) is 25.3. The molecule has 5 fully saturated rings. The van der Waals surface area contributed by atoms with Gasteiger partial charge in [-0.25, -0.2) is 27.9 Å². The smallest absolute Gasteiger partial charge is 0.410 e. The molecule has 4 saturated heterocycles. The number of benzene rings is 2. The Balaban J connectivity index is 1.16. The zero-order chi connectivity index (χ0) is 39.9. The van der Waals surface area contributed by atoms with Gasteiger partial charge in [0.2, 0.25) is 0 Å². The van der Waals surface area contributed by atoms with Gasteiger partial charge >= 0.3 is 6.09 Å². The van der Waals surface area contributed by atoms with E-state index < -0.39 is 29.0 Å². The van der Waals surface area contributed by atoms with Gasteiger partial charge in [0, 0.05) is 55.9 Å². The molecule has 2 aromatic heterocycles. The second-order valence-corrected chi connectivity index (χ2v) is 17.3. The van der Waals surface area contributed by atoms with Crippen molar-refractivity contribution in [1.82, 2.24) is 24.8 Å². The number of carbonyl (C=O) groups is 1. The number of hydrogen-bond donors (Lipinski definition) is 0. The van der Waals surface area contributed by atoms with E-state index in [1.807, 2.05) is 25.7 Å². The lowest BCUT2D eigenvalue weighted by atomic mass is 9.94. The quantitative estimate of drug-likeness (QED) is 0.127. The Morgan fingerprint density at radius 1 is 1.07 bits per heavy atom. The molecule has 14 heteroatoms. The van der Waals surface area contributed by atoms with E-state index in [2.05, 4.69) is 20.7 Å². The summed E-state index contributed by atoms with van der Waals surface area (Å²) < 4.78 is 71.0. The maximum Gasteiger partial charge on any atom is 0.410 e. The molecule has 2 unspecified atom stereocenters. The Morgan fingerprint density at radius 2 is 1.84 bits per heavy atom. The van der Waals surface area contributed by atoms with E-state index in [0.29, 0.717) is 79.1 Å². The molecule has 2 aromatic carbocycles. The molecule has 300 valence electrons. The highest BCUT2D eigenvalue weighted by Gasteiger charge is 2.55. The molecule has 1 amide bonds. The van der Waals surface area contributed by atoms with Gasteiger partial charge in [-0.05, 0) is 89.4 Å². The van der Waals surface area contributed by atoms with Crippen molar-refractivity contribution >= 4 is 33.6 Å². The van der Waals surface area contributed by atoms with Crippen molar-refractivity contribution in [2.24, 2.45) is 0 Å². The van der Waals surface area contributed by atoms with E-state index in [1.165, 1.54) is 13.2 Å². The number of halogens is 3. The van der Waals surface area contributed by atoms with Crippen LogP contribution in [0.4, 0.5) is 23.8 Å². The van der Waals surface area contributed by atoms with Crippen LogP contribution in [0, 0.1) is 24.0 Å². The van der Waals surface area contributed by atoms with Crippen LogP contribution in [0.5, 0.6) is 5.75 Å². The molecule has 5 aliphatic rings. The molecular weight excluding hydrogens is 738 g/mol. The Morgan fingerprint density at radius 3 is 2.54 bits per heavy atom. The number of methoxy groups -OCH3 is 1. The van der Waals surface area contributed by atoms with Gasteiger partial charge in [0.1, 0.15) is 46.0 Å². The molecule has 6 heterocycles. The molecule has 4 aromatic rings. The van der Waals surface area contributed by atoms with E-state index in [4.69, 9.17) is 35.3 Å². The lowest BCUT2D eigenvalue weighted by Crippen LogP contribution is -2.57. The summed E-state index contributed by atoms with van der Waals surface area (Å²) >= 11 is 0. The molecule has 9 rings (SSSR count). The predicted octanol–water partition coefficient (Wildman–Crippen LogP) is 7.26. The molecule has 0 radical (unpaired) electrons. The summed E-state index contributed by atoms with van der Waals surface area (Å²) in [7, 11) is 1.49. The zero-order valence-electron chi connectivity index (χ0n) is 32.7. The monoisotopic (exact) mass is 784 g/mol. The first-order valence-electron chi connectivity index (χ1n) is 19.8. The van der Waals surface area contributed by atoms with Crippen molar-refractivity contribution in [1.29, 1.82) is 0 Å². The van der Waals surface area contributed by atoms with Crippen molar-refractivity contribution in [3.8, 4) is 29.4 Å². The zero-order valence-corrected chi connectivity index (χ0v) is 32.7. The summed E-state index contributed by atoms with van der Waals surface area (Å²) in [4.78, 5) is 34.3. The third kappa shape index (κ3) is 6.61. The summed E-state index contributed by atoms with van der Waals surface area (Å²) in [6.45, 7) is 7.95. The van der Waals surface area contributed by atoms with Crippen LogP contribution in [-0.4, -0.2) is 107 Å². The number of terminal acetylenes is 1. The van der Waals surface area contributed by atoms with Crippen LogP contribution >= 0.6 is 0 Å². The van der Waals surface area contributed by atoms with Crippen LogP contribution in [0.2, 0.25) is 0 Å². The number of amides is 1. The number of hydrogen-bond acceptors (Lipinski definition) is 10. The lowest BCUT2D eigenvalue weighted by molar-refractivity contribution is -0.0341. The highest BCUT2D eigenvalue weighted by atomic mass is 19.1. The van der Waals surface area contributed by atoms with Crippen LogP contribution in [0.15, 0.2) is 30.5 Å². The van der Waals surface area contributed by atoms with Crippen molar-refractivity contribution in [2.75, 3.05) is 51.6 Å². The van der Waals surface area contributed by atoms with Crippen molar-refractivity contribution < 1.29 is 36.9 Å². The van der Waals surface area contributed by atoms with E-state index in [-0.39, 0.29) is 52.8 Å². The lowest BCUT2D eigenvalue weighted by Gasteiger charge is -2.42. The van der Waals surface area contributed by atoms with Crippen LogP contribution in [0.25, 0.3) is 32.9 Å². The van der Waals surface area contributed by atoms with Gasteiger partial charge in [-0.15, -0.1) is 6.42 Å². The maximum atomic E-state index is 17.5. The van der Waals surface area contributed by atoms with E-state index in [1.54, 1.807) is 24.4 Å². The number of rotatable bonds is 9. The third-order valence-corrected chi connectivity index (χ3v) is 12.3.